The van der Waals surface area contributed by atoms with E-state index >= 15 is 0 Å². The highest BCUT2D eigenvalue weighted by atomic mass is 16.5. The predicted molar refractivity (Wildman–Crippen MR) is 174 cm³/mol. The molecule has 0 atom stereocenters. The van der Waals surface area contributed by atoms with Crippen LogP contribution in [0.25, 0.3) is 5.57 Å². The lowest BCUT2D eigenvalue weighted by Crippen LogP contribution is -2.56. The van der Waals surface area contributed by atoms with Gasteiger partial charge >= 0.3 is 0 Å². The molecule has 5 heteroatoms. The van der Waals surface area contributed by atoms with Gasteiger partial charge in [0.2, 0.25) is 0 Å². The predicted octanol–water partition coefficient (Wildman–Crippen LogP) is 7.93. The van der Waals surface area contributed by atoms with E-state index < -0.39 is 0 Å². The maximum absolute atomic E-state index is 5.67. The van der Waals surface area contributed by atoms with Gasteiger partial charge in [-0.2, -0.15) is 0 Å². The Morgan fingerprint density at radius 1 is 1.22 bits per heavy atom. The van der Waals surface area contributed by atoms with Crippen LogP contribution in [0.3, 0.4) is 0 Å². The smallest absolute Gasteiger partial charge is 0.119 e. The molecule has 2 heterocycles. The zero-order chi connectivity index (χ0) is 29.2. The lowest BCUT2D eigenvalue weighted by Gasteiger charge is -2.47. The second-order valence-corrected chi connectivity index (χ2v) is 11.3. The van der Waals surface area contributed by atoms with Crippen LogP contribution >= 0.6 is 0 Å². The summed E-state index contributed by atoms with van der Waals surface area (Å²) in [5.74, 6) is 0.903. The van der Waals surface area contributed by atoms with Crippen LogP contribution in [0.15, 0.2) is 93.8 Å². The first-order valence-corrected chi connectivity index (χ1v) is 15.0. The van der Waals surface area contributed by atoms with Crippen molar-refractivity contribution in [1.82, 2.24) is 4.90 Å². The number of benzene rings is 1. The van der Waals surface area contributed by atoms with E-state index in [4.69, 9.17) is 14.5 Å². The topological polar surface area (TPSA) is 46.4 Å². The number of nitrogens with zero attached hydrogens (tertiary/aromatic N) is 3. The normalized spacial score (nSPS) is 20.6. The lowest BCUT2D eigenvalue weighted by atomic mass is 9.79. The Morgan fingerprint density at radius 2 is 2.05 bits per heavy atom. The van der Waals surface area contributed by atoms with Crippen molar-refractivity contribution in [1.29, 1.82) is 0 Å². The number of methoxy groups -OCH3 is 1. The molecule has 1 aromatic carbocycles. The Morgan fingerprint density at radius 3 is 2.71 bits per heavy atom. The SMILES string of the molecule is C=CN=C/C=C(\CC)C1=C(C(/C=C\C)=C/C(C)=N/C(=C\C)CN2CC3(CCOC3)C2)c2ccc(OC)cc2CCC1. The number of fused-ring (bicyclic) bond motifs is 1. The number of hydrogen-bond donors (Lipinski definition) is 0. The van der Waals surface area contributed by atoms with Gasteiger partial charge in [0.1, 0.15) is 5.75 Å². The first-order valence-electron chi connectivity index (χ1n) is 15.0. The van der Waals surface area contributed by atoms with E-state index in [9.17, 15) is 0 Å². The molecular formula is C36H47N3O2. The minimum Gasteiger partial charge on any atom is -0.497 e. The van der Waals surface area contributed by atoms with Gasteiger partial charge in [0, 0.05) is 49.8 Å². The van der Waals surface area contributed by atoms with Gasteiger partial charge in [-0.05, 0) is 111 Å². The Labute approximate surface area is 247 Å². The minimum absolute atomic E-state index is 0.385. The van der Waals surface area contributed by atoms with Gasteiger partial charge < -0.3 is 9.47 Å². The van der Waals surface area contributed by atoms with E-state index in [0.29, 0.717) is 5.41 Å². The number of aryl methyl sites for hydroxylation is 1. The Hall–Kier alpha value is -3.28. The van der Waals surface area contributed by atoms with E-state index in [1.165, 1.54) is 39.8 Å². The molecule has 1 aliphatic carbocycles. The van der Waals surface area contributed by atoms with Gasteiger partial charge in [0.05, 0.1) is 19.4 Å². The quantitative estimate of drug-likeness (QED) is 0.207. The fourth-order valence-corrected chi connectivity index (χ4v) is 6.37. The van der Waals surface area contributed by atoms with Gasteiger partial charge in [-0.3, -0.25) is 14.9 Å². The first kappa shape index (κ1) is 30.7. The van der Waals surface area contributed by atoms with E-state index in [2.05, 4.69) is 92.7 Å². The van der Waals surface area contributed by atoms with Crippen molar-refractivity contribution in [2.24, 2.45) is 15.4 Å². The Balaban J connectivity index is 1.75. The van der Waals surface area contributed by atoms with Crippen LogP contribution < -0.4 is 4.74 Å². The summed E-state index contributed by atoms with van der Waals surface area (Å²) in [5, 5.41) is 0. The summed E-state index contributed by atoms with van der Waals surface area (Å²) in [6, 6.07) is 6.51. The molecule has 0 aromatic heterocycles. The van der Waals surface area contributed by atoms with Crippen LogP contribution in [0.1, 0.15) is 64.5 Å². The van der Waals surface area contributed by atoms with E-state index in [0.717, 1.165) is 75.7 Å². The van der Waals surface area contributed by atoms with Crippen LogP contribution in [0.5, 0.6) is 5.75 Å². The molecule has 3 aliphatic rings. The molecule has 5 nitrogen and oxygen atoms in total. The highest BCUT2D eigenvalue weighted by Gasteiger charge is 2.45. The molecule has 218 valence electrons. The largest absolute Gasteiger partial charge is 0.497 e. The molecule has 2 saturated heterocycles. The van der Waals surface area contributed by atoms with E-state index in [1.54, 1.807) is 13.3 Å². The van der Waals surface area contributed by atoms with Crippen LogP contribution in [0.2, 0.25) is 0 Å². The van der Waals surface area contributed by atoms with Crippen molar-refractivity contribution in [3.63, 3.8) is 0 Å². The summed E-state index contributed by atoms with van der Waals surface area (Å²) < 4.78 is 11.3. The molecule has 1 aromatic rings. The number of ether oxygens (including phenoxy) is 2. The van der Waals surface area contributed by atoms with Crippen molar-refractivity contribution in [2.45, 2.75) is 59.8 Å². The second kappa shape index (κ2) is 14.6. The van der Waals surface area contributed by atoms with E-state index in [-0.39, 0.29) is 0 Å². The molecule has 0 radical (unpaired) electrons. The van der Waals surface area contributed by atoms with Gasteiger partial charge in [-0.1, -0.05) is 37.8 Å². The molecule has 2 fully saturated rings. The lowest BCUT2D eigenvalue weighted by molar-refractivity contribution is -0.000246. The molecule has 0 unspecified atom stereocenters. The first-order chi connectivity index (χ1) is 20.0. The summed E-state index contributed by atoms with van der Waals surface area (Å²) in [7, 11) is 1.74. The standard InChI is InChI=1S/C36H47N3O2/c1-7-12-30(21-27(5)38-31(9-3)23-39-24-36(25-39)18-20-41-26-36)35-33(28(8-2)17-19-37-10-4)14-11-13-29-22-32(40-6)15-16-34(29)35/h7,9-10,12,15-17,19,21-22H,4,8,11,13-14,18,20,23-26H2,1-3,5-6H3/b12-7-,28-17+,30-21+,31-9-,37-19?,38-27+. The molecule has 0 saturated carbocycles. The number of hydrogen-bond acceptors (Lipinski definition) is 5. The summed E-state index contributed by atoms with van der Waals surface area (Å²) in [5.41, 5.74) is 10.2. The summed E-state index contributed by atoms with van der Waals surface area (Å²) >= 11 is 0. The summed E-state index contributed by atoms with van der Waals surface area (Å²) in [4.78, 5) is 11.9. The van der Waals surface area contributed by atoms with Crippen molar-refractivity contribution in [3.8, 4) is 5.75 Å². The average molecular weight is 554 g/mol. The van der Waals surface area contributed by atoms with Crippen LogP contribution in [-0.4, -0.2) is 56.8 Å². The molecule has 41 heavy (non-hydrogen) atoms. The minimum atomic E-state index is 0.385. The number of aliphatic imine (C=N–C) groups is 2. The molecule has 1 spiro atoms. The zero-order valence-electron chi connectivity index (χ0n) is 25.7. The van der Waals surface area contributed by atoms with Crippen LogP contribution in [-0.2, 0) is 11.2 Å². The van der Waals surface area contributed by atoms with Crippen molar-refractivity contribution in [2.75, 3.05) is 40.0 Å². The zero-order valence-corrected chi connectivity index (χ0v) is 25.7. The summed E-state index contributed by atoms with van der Waals surface area (Å²) in [6.07, 6.45) is 19.6. The maximum atomic E-state index is 5.67. The third kappa shape index (κ3) is 7.52. The average Bonchev–Trinajstić information content (AvgIpc) is 3.37. The van der Waals surface area contributed by atoms with Crippen LogP contribution in [0.4, 0.5) is 0 Å². The monoisotopic (exact) mass is 553 g/mol. The third-order valence-electron chi connectivity index (χ3n) is 8.33. The number of likely N-dealkylation sites (tertiary alicyclic amines) is 1. The van der Waals surface area contributed by atoms with Gasteiger partial charge in [-0.15, -0.1) is 0 Å². The third-order valence-corrected chi connectivity index (χ3v) is 8.33. The number of rotatable bonds is 11. The fraction of sp³-hybridized carbons (Fsp3) is 0.444. The van der Waals surface area contributed by atoms with Crippen molar-refractivity contribution < 1.29 is 9.47 Å². The Kier molecular flexibility index (Phi) is 10.9. The van der Waals surface area contributed by atoms with Gasteiger partial charge in [0.25, 0.3) is 0 Å². The second-order valence-electron chi connectivity index (χ2n) is 11.3. The highest BCUT2D eigenvalue weighted by Crippen LogP contribution is 2.41. The van der Waals surface area contributed by atoms with Crippen LogP contribution in [0, 0.1) is 5.41 Å². The molecule has 0 N–H and O–H groups in total. The molecule has 0 bridgehead atoms. The highest BCUT2D eigenvalue weighted by molar-refractivity contribution is 6.00. The van der Waals surface area contributed by atoms with E-state index in [1.807, 2.05) is 6.21 Å². The molecule has 2 aliphatic heterocycles. The number of allylic oxidation sites excluding steroid dienone is 9. The molecule has 4 rings (SSSR count). The van der Waals surface area contributed by atoms with Crippen molar-refractivity contribution >= 4 is 17.5 Å². The molecular weight excluding hydrogens is 506 g/mol. The fourth-order valence-electron chi connectivity index (χ4n) is 6.37. The van der Waals surface area contributed by atoms with Crippen molar-refractivity contribution in [3.05, 3.63) is 94.9 Å². The summed E-state index contributed by atoms with van der Waals surface area (Å²) in [6.45, 7) is 17.2. The van der Waals surface area contributed by atoms with Gasteiger partial charge in [0.15, 0.2) is 0 Å². The maximum Gasteiger partial charge on any atom is 0.119 e. The van der Waals surface area contributed by atoms with Gasteiger partial charge in [-0.25, -0.2) is 0 Å². The Bertz CT molecular complexity index is 1310. The molecule has 0 amide bonds.